The molecule has 0 spiro atoms. The Morgan fingerprint density at radius 3 is 2.56 bits per heavy atom. The molecule has 1 aromatic rings. The van der Waals surface area contributed by atoms with Crippen molar-refractivity contribution < 1.29 is 18.3 Å². The van der Waals surface area contributed by atoms with Gasteiger partial charge in [-0.3, -0.25) is 4.79 Å². The number of hydrogen-bond acceptors (Lipinski definition) is 3. The van der Waals surface area contributed by atoms with Crippen LogP contribution in [0.1, 0.15) is 32.4 Å². The Hall–Kier alpha value is -2.22. The Kier molecular flexibility index (Phi) is 6.30. The molecule has 0 bridgehead atoms. The average molecular weight is 369 g/mol. The maximum atomic E-state index is 13.0. The van der Waals surface area contributed by atoms with E-state index in [1.165, 1.54) is 6.07 Å². The number of para-hydroxylation sites is 1. The third kappa shape index (κ3) is 4.25. The van der Waals surface area contributed by atoms with Crippen LogP contribution in [0, 0.1) is 0 Å². The van der Waals surface area contributed by atoms with Gasteiger partial charge in [-0.2, -0.15) is 8.78 Å². The molecule has 0 radical (unpaired) electrons. The Labute approximate surface area is 151 Å². The van der Waals surface area contributed by atoms with Crippen molar-refractivity contribution in [2.45, 2.75) is 33.4 Å². The number of ether oxygens (including phenoxy) is 1. The third-order valence-corrected chi connectivity index (χ3v) is 4.22. The minimum atomic E-state index is -2.96. The van der Waals surface area contributed by atoms with E-state index in [-0.39, 0.29) is 11.7 Å². The molecule has 1 heterocycles. The lowest BCUT2D eigenvalue weighted by Crippen LogP contribution is -2.47. The minimum Gasteiger partial charge on any atom is -0.434 e. The number of thiocarbonyl (C=S) groups is 1. The van der Waals surface area contributed by atoms with Gasteiger partial charge < -0.3 is 20.3 Å². The highest BCUT2D eigenvalue weighted by molar-refractivity contribution is 7.80. The zero-order chi connectivity index (χ0) is 18.6. The molecule has 1 aliphatic heterocycles. The van der Waals surface area contributed by atoms with E-state index in [1.807, 2.05) is 13.8 Å². The highest BCUT2D eigenvalue weighted by Crippen LogP contribution is 2.34. The Morgan fingerprint density at radius 2 is 1.96 bits per heavy atom. The Morgan fingerprint density at radius 1 is 1.32 bits per heavy atom. The maximum absolute atomic E-state index is 13.0. The summed E-state index contributed by atoms with van der Waals surface area (Å²) in [6, 6.07) is 5.73. The van der Waals surface area contributed by atoms with Crippen LogP contribution in [-0.2, 0) is 4.79 Å². The monoisotopic (exact) mass is 369 g/mol. The quantitative estimate of drug-likeness (QED) is 0.755. The second-order valence-corrected chi connectivity index (χ2v) is 5.87. The molecule has 25 heavy (non-hydrogen) atoms. The summed E-state index contributed by atoms with van der Waals surface area (Å²) in [6.07, 6.45) is 0. The first-order valence-corrected chi connectivity index (χ1v) is 8.41. The summed E-state index contributed by atoms with van der Waals surface area (Å²) in [5.41, 5.74) is 1.46. The predicted molar refractivity (Wildman–Crippen MR) is 95.3 cm³/mol. The molecule has 2 rings (SSSR count). The molecule has 0 aliphatic carbocycles. The first-order valence-electron chi connectivity index (χ1n) is 8.00. The molecule has 1 aliphatic rings. The molecule has 0 aromatic heterocycles. The summed E-state index contributed by atoms with van der Waals surface area (Å²) in [7, 11) is 0. The van der Waals surface area contributed by atoms with Gasteiger partial charge in [-0.1, -0.05) is 18.2 Å². The van der Waals surface area contributed by atoms with Crippen molar-refractivity contribution in [1.82, 2.24) is 15.5 Å². The summed E-state index contributed by atoms with van der Waals surface area (Å²) >= 11 is 5.18. The zero-order valence-electron chi connectivity index (χ0n) is 14.3. The first-order chi connectivity index (χ1) is 11.9. The van der Waals surface area contributed by atoms with Crippen molar-refractivity contribution in [1.29, 1.82) is 0 Å². The lowest BCUT2D eigenvalue weighted by Gasteiger charge is -2.33. The molecule has 0 saturated heterocycles. The lowest BCUT2D eigenvalue weighted by molar-refractivity contribution is -0.127. The molecule has 1 atom stereocenters. The van der Waals surface area contributed by atoms with Crippen LogP contribution in [0.4, 0.5) is 8.78 Å². The van der Waals surface area contributed by atoms with Gasteiger partial charge in [-0.05, 0) is 39.1 Å². The number of alkyl halides is 2. The molecule has 1 amide bonds. The molecule has 0 saturated carbocycles. The first kappa shape index (κ1) is 19.1. The standard InChI is InChI=1S/C17H21F2N3O2S/c1-4-22(5-2)15(23)13-10(3)20-17(25)21-14(13)11-8-6-7-9-12(11)24-16(18)19/h6-9,14,16H,4-5H2,1-3H3,(H2,20,21,25)/t14-/m0/s1. The highest BCUT2D eigenvalue weighted by Gasteiger charge is 2.33. The van der Waals surface area contributed by atoms with Crippen molar-refractivity contribution in [3.63, 3.8) is 0 Å². The minimum absolute atomic E-state index is 0.0114. The van der Waals surface area contributed by atoms with Gasteiger partial charge in [0.15, 0.2) is 5.11 Å². The van der Waals surface area contributed by atoms with E-state index < -0.39 is 12.7 Å². The van der Waals surface area contributed by atoms with Crippen LogP contribution >= 0.6 is 12.2 Å². The normalized spacial score (nSPS) is 17.2. The number of benzene rings is 1. The number of nitrogens with zero attached hydrogens (tertiary/aromatic N) is 1. The van der Waals surface area contributed by atoms with E-state index in [4.69, 9.17) is 12.2 Å². The summed E-state index contributed by atoms with van der Waals surface area (Å²) in [5.74, 6) is -0.167. The third-order valence-electron chi connectivity index (χ3n) is 4.00. The van der Waals surface area contributed by atoms with Crippen molar-refractivity contribution in [2.24, 2.45) is 0 Å². The van der Waals surface area contributed by atoms with Crippen LogP contribution in [0.3, 0.4) is 0 Å². The van der Waals surface area contributed by atoms with E-state index >= 15 is 0 Å². The fourth-order valence-corrected chi connectivity index (χ4v) is 3.09. The van der Waals surface area contributed by atoms with E-state index in [2.05, 4.69) is 15.4 Å². The highest BCUT2D eigenvalue weighted by atomic mass is 32.1. The van der Waals surface area contributed by atoms with Gasteiger partial charge in [0, 0.05) is 24.4 Å². The molecule has 0 unspecified atom stereocenters. The molecular weight excluding hydrogens is 348 g/mol. The number of rotatable bonds is 6. The Bertz CT molecular complexity index is 690. The van der Waals surface area contributed by atoms with Gasteiger partial charge >= 0.3 is 6.61 Å². The van der Waals surface area contributed by atoms with Crippen LogP contribution in [-0.4, -0.2) is 35.6 Å². The number of nitrogens with one attached hydrogen (secondary N) is 2. The van der Waals surface area contributed by atoms with E-state index in [0.717, 1.165) is 0 Å². The SMILES string of the molecule is CCN(CC)C(=O)C1=C(C)NC(=S)N[C@H]1c1ccccc1OC(F)F. The van der Waals surface area contributed by atoms with Gasteiger partial charge in [0.2, 0.25) is 0 Å². The maximum Gasteiger partial charge on any atom is 0.387 e. The van der Waals surface area contributed by atoms with Crippen molar-refractivity contribution in [2.75, 3.05) is 13.1 Å². The van der Waals surface area contributed by atoms with Crippen molar-refractivity contribution in [3.8, 4) is 5.75 Å². The van der Waals surface area contributed by atoms with Crippen LogP contribution in [0.15, 0.2) is 35.5 Å². The van der Waals surface area contributed by atoms with Crippen LogP contribution in [0.5, 0.6) is 5.75 Å². The zero-order valence-corrected chi connectivity index (χ0v) is 15.1. The fraction of sp³-hybridized carbons (Fsp3) is 0.412. The Balaban J connectivity index is 2.52. The number of carbonyl (C=O) groups is 1. The summed E-state index contributed by atoms with van der Waals surface area (Å²) in [6.45, 7) is 3.63. The molecule has 136 valence electrons. The molecule has 2 N–H and O–H groups in total. The lowest BCUT2D eigenvalue weighted by atomic mass is 9.93. The number of halogens is 2. The fourth-order valence-electron chi connectivity index (χ4n) is 2.81. The van der Waals surface area contributed by atoms with E-state index in [0.29, 0.717) is 35.0 Å². The molecule has 1 aromatic carbocycles. The predicted octanol–water partition coefficient (Wildman–Crippen LogP) is 2.95. The van der Waals surface area contributed by atoms with Gasteiger partial charge in [-0.25, -0.2) is 0 Å². The summed E-state index contributed by atoms with van der Waals surface area (Å²) in [5, 5.41) is 6.26. The van der Waals surface area contributed by atoms with Gasteiger partial charge in [-0.15, -0.1) is 0 Å². The van der Waals surface area contributed by atoms with E-state index in [1.54, 1.807) is 30.0 Å². The second-order valence-electron chi connectivity index (χ2n) is 5.46. The summed E-state index contributed by atoms with van der Waals surface area (Å²) in [4.78, 5) is 14.6. The smallest absolute Gasteiger partial charge is 0.387 e. The average Bonchev–Trinajstić information content (AvgIpc) is 2.55. The van der Waals surface area contributed by atoms with Gasteiger partial charge in [0.05, 0.1) is 11.6 Å². The molecule has 5 nitrogen and oxygen atoms in total. The van der Waals surface area contributed by atoms with Crippen LogP contribution in [0.25, 0.3) is 0 Å². The number of likely N-dealkylation sites (N-methyl/N-ethyl adjacent to an activating group) is 1. The number of allylic oxidation sites excluding steroid dienone is 1. The second kappa shape index (κ2) is 8.24. The van der Waals surface area contributed by atoms with E-state index in [9.17, 15) is 13.6 Å². The summed E-state index contributed by atoms with van der Waals surface area (Å²) < 4.78 is 30.1. The van der Waals surface area contributed by atoms with Crippen molar-refractivity contribution >= 4 is 23.2 Å². The molecular formula is C17H21F2N3O2S. The topological polar surface area (TPSA) is 53.6 Å². The van der Waals surface area contributed by atoms with Crippen LogP contribution < -0.4 is 15.4 Å². The largest absolute Gasteiger partial charge is 0.434 e. The van der Waals surface area contributed by atoms with Crippen molar-refractivity contribution in [3.05, 3.63) is 41.1 Å². The number of amides is 1. The molecule has 8 heteroatoms. The van der Waals surface area contributed by atoms with Crippen LogP contribution in [0.2, 0.25) is 0 Å². The molecule has 0 fully saturated rings. The van der Waals surface area contributed by atoms with Gasteiger partial charge in [0.25, 0.3) is 5.91 Å². The number of carbonyl (C=O) groups excluding carboxylic acids is 1. The van der Waals surface area contributed by atoms with Gasteiger partial charge in [0.1, 0.15) is 5.75 Å². The number of hydrogen-bond donors (Lipinski definition) is 2.